The second kappa shape index (κ2) is 6.83. The molecule has 0 bridgehead atoms. The van der Waals surface area contributed by atoms with E-state index in [9.17, 15) is 4.79 Å². The van der Waals surface area contributed by atoms with Gasteiger partial charge in [-0.2, -0.15) is 0 Å². The van der Waals surface area contributed by atoms with Gasteiger partial charge in [-0.25, -0.2) is 4.98 Å². The molecule has 0 aliphatic heterocycles. The summed E-state index contributed by atoms with van der Waals surface area (Å²) >= 11 is 12.6. The molecule has 3 rings (SSSR count). The lowest BCUT2D eigenvalue weighted by atomic mass is 10.2. The van der Waals surface area contributed by atoms with E-state index in [1.165, 1.54) is 6.92 Å². The van der Waals surface area contributed by atoms with Gasteiger partial charge in [-0.05, 0) is 24.3 Å². The summed E-state index contributed by atoms with van der Waals surface area (Å²) in [4.78, 5) is 17.9. The van der Waals surface area contributed by atoms with Gasteiger partial charge in [0.2, 0.25) is 5.91 Å². The van der Waals surface area contributed by atoms with Crippen molar-refractivity contribution in [1.29, 1.82) is 0 Å². The van der Waals surface area contributed by atoms with Crippen LogP contribution in [0.1, 0.15) is 18.3 Å². The number of carbonyl (C=O) groups is 1. The monoisotopic (exact) mass is 361 g/mol. The second-order valence-electron chi connectivity index (χ2n) is 5.68. The van der Waals surface area contributed by atoms with Crippen LogP contribution in [0.4, 0.5) is 0 Å². The molecule has 1 amide bonds. The maximum absolute atomic E-state index is 11.6. The predicted octanol–water partition coefficient (Wildman–Crippen LogP) is 4.37. The minimum absolute atomic E-state index is 0.00983. The summed E-state index contributed by atoms with van der Waals surface area (Å²) < 4.78 is 2.06. The molecule has 0 spiro atoms. The van der Waals surface area contributed by atoms with Gasteiger partial charge in [0, 0.05) is 29.6 Å². The summed E-state index contributed by atoms with van der Waals surface area (Å²) in [7, 11) is 1.76. The Labute approximate surface area is 150 Å². The summed E-state index contributed by atoms with van der Waals surface area (Å²) in [6, 6.07) is 13.3. The molecule has 0 aliphatic carbocycles. The third kappa shape index (κ3) is 3.25. The van der Waals surface area contributed by atoms with Crippen molar-refractivity contribution < 1.29 is 4.79 Å². The number of halogens is 2. The van der Waals surface area contributed by atoms with Crippen molar-refractivity contribution in [3.63, 3.8) is 0 Å². The van der Waals surface area contributed by atoms with Gasteiger partial charge < -0.3 is 9.47 Å². The molecular formula is C18H17Cl2N3O. The van der Waals surface area contributed by atoms with Crippen molar-refractivity contribution in [2.45, 2.75) is 20.0 Å². The minimum atomic E-state index is -0.00983. The van der Waals surface area contributed by atoms with Crippen molar-refractivity contribution in [2.75, 3.05) is 7.05 Å². The fourth-order valence-corrected chi connectivity index (χ4v) is 3.10. The van der Waals surface area contributed by atoms with Crippen LogP contribution in [0.5, 0.6) is 0 Å². The van der Waals surface area contributed by atoms with Gasteiger partial charge in [-0.1, -0.05) is 41.4 Å². The fourth-order valence-electron chi connectivity index (χ4n) is 2.59. The molecule has 0 unspecified atom stereocenters. The van der Waals surface area contributed by atoms with E-state index in [1.54, 1.807) is 11.9 Å². The highest BCUT2D eigenvalue weighted by molar-refractivity contribution is 6.36. The van der Waals surface area contributed by atoms with Crippen LogP contribution < -0.4 is 0 Å². The van der Waals surface area contributed by atoms with Crippen LogP contribution in [0.2, 0.25) is 10.0 Å². The van der Waals surface area contributed by atoms with Crippen LogP contribution in [0.25, 0.3) is 11.0 Å². The number of aromatic nitrogens is 2. The lowest BCUT2D eigenvalue weighted by Gasteiger charge is -2.17. The van der Waals surface area contributed by atoms with Gasteiger partial charge >= 0.3 is 0 Å². The number of nitrogens with zero attached hydrogens (tertiary/aromatic N) is 3. The van der Waals surface area contributed by atoms with Crippen molar-refractivity contribution in [3.8, 4) is 0 Å². The molecule has 6 heteroatoms. The lowest BCUT2D eigenvalue weighted by Crippen LogP contribution is -2.25. The molecule has 24 heavy (non-hydrogen) atoms. The normalized spacial score (nSPS) is 11.0. The van der Waals surface area contributed by atoms with Gasteiger partial charge in [0.1, 0.15) is 5.82 Å². The van der Waals surface area contributed by atoms with Crippen LogP contribution in [-0.4, -0.2) is 27.4 Å². The Balaban J connectivity index is 2.09. The van der Waals surface area contributed by atoms with Crippen LogP contribution in [0, 0.1) is 0 Å². The van der Waals surface area contributed by atoms with Crippen molar-refractivity contribution in [2.24, 2.45) is 0 Å². The first kappa shape index (κ1) is 16.8. The molecule has 0 N–H and O–H groups in total. The maximum Gasteiger partial charge on any atom is 0.219 e. The third-order valence-corrected chi connectivity index (χ3v) is 4.74. The molecule has 1 aromatic heterocycles. The Hall–Kier alpha value is -2.04. The fraction of sp³-hybridized carbons (Fsp3) is 0.222. The Morgan fingerprint density at radius 1 is 1.12 bits per heavy atom. The number of fused-ring (bicyclic) bond motifs is 1. The zero-order chi connectivity index (χ0) is 17.3. The first-order valence-corrected chi connectivity index (χ1v) is 8.31. The maximum atomic E-state index is 11.6. The molecule has 124 valence electrons. The van der Waals surface area contributed by atoms with Crippen molar-refractivity contribution in [1.82, 2.24) is 14.5 Å². The van der Waals surface area contributed by atoms with E-state index in [0.29, 0.717) is 23.1 Å². The highest BCUT2D eigenvalue weighted by atomic mass is 35.5. The van der Waals surface area contributed by atoms with E-state index in [-0.39, 0.29) is 5.91 Å². The van der Waals surface area contributed by atoms with E-state index in [4.69, 9.17) is 23.2 Å². The minimum Gasteiger partial charge on any atom is -0.339 e. The predicted molar refractivity (Wildman–Crippen MR) is 97.4 cm³/mol. The summed E-state index contributed by atoms with van der Waals surface area (Å²) in [5.41, 5.74) is 2.71. The summed E-state index contributed by atoms with van der Waals surface area (Å²) in [5, 5.41) is 1.23. The van der Waals surface area contributed by atoms with Gasteiger partial charge in [-0.15, -0.1) is 0 Å². The van der Waals surface area contributed by atoms with E-state index in [1.807, 2.05) is 42.5 Å². The molecule has 0 radical (unpaired) electrons. The van der Waals surface area contributed by atoms with Gasteiger partial charge in [0.05, 0.1) is 24.1 Å². The largest absolute Gasteiger partial charge is 0.339 e. The molecular weight excluding hydrogens is 345 g/mol. The van der Waals surface area contributed by atoms with Crippen molar-refractivity contribution >= 4 is 40.1 Å². The molecule has 0 saturated heterocycles. The van der Waals surface area contributed by atoms with Gasteiger partial charge in [0.15, 0.2) is 0 Å². The Kier molecular flexibility index (Phi) is 4.78. The van der Waals surface area contributed by atoms with Crippen LogP contribution >= 0.6 is 23.2 Å². The highest BCUT2D eigenvalue weighted by Crippen LogP contribution is 2.27. The van der Waals surface area contributed by atoms with Crippen LogP contribution in [0.15, 0.2) is 42.5 Å². The number of carbonyl (C=O) groups excluding carboxylic acids is 1. The number of imidazole rings is 1. The SMILES string of the molecule is CC(=O)N(C)Cc1nc2ccccc2n1Cc1c(Cl)cccc1Cl. The van der Waals surface area contributed by atoms with E-state index in [0.717, 1.165) is 22.4 Å². The van der Waals surface area contributed by atoms with Crippen LogP contribution in [-0.2, 0) is 17.9 Å². The summed E-state index contributed by atoms with van der Waals surface area (Å²) in [5.74, 6) is 0.786. The lowest BCUT2D eigenvalue weighted by molar-refractivity contribution is -0.128. The van der Waals surface area contributed by atoms with E-state index < -0.39 is 0 Å². The topological polar surface area (TPSA) is 38.1 Å². The number of hydrogen-bond donors (Lipinski definition) is 0. The van der Waals surface area contributed by atoms with Crippen LogP contribution in [0.3, 0.4) is 0 Å². The average molecular weight is 362 g/mol. The molecule has 0 aliphatic rings. The summed E-state index contributed by atoms with van der Waals surface area (Å²) in [6.45, 7) is 2.46. The zero-order valence-corrected chi connectivity index (χ0v) is 15.0. The summed E-state index contributed by atoms with van der Waals surface area (Å²) in [6.07, 6.45) is 0. The Morgan fingerprint density at radius 2 is 1.79 bits per heavy atom. The van der Waals surface area contributed by atoms with E-state index >= 15 is 0 Å². The number of rotatable bonds is 4. The first-order chi connectivity index (χ1) is 11.5. The molecule has 4 nitrogen and oxygen atoms in total. The molecule has 0 atom stereocenters. The number of hydrogen-bond acceptors (Lipinski definition) is 2. The van der Waals surface area contributed by atoms with Gasteiger partial charge in [-0.3, -0.25) is 4.79 Å². The van der Waals surface area contributed by atoms with E-state index in [2.05, 4.69) is 9.55 Å². The zero-order valence-electron chi connectivity index (χ0n) is 13.5. The Bertz CT molecular complexity index is 884. The van der Waals surface area contributed by atoms with Gasteiger partial charge in [0.25, 0.3) is 0 Å². The third-order valence-electron chi connectivity index (χ3n) is 4.03. The number of amides is 1. The van der Waals surface area contributed by atoms with Crippen molar-refractivity contribution in [3.05, 3.63) is 63.9 Å². The molecule has 2 aromatic carbocycles. The first-order valence-electron chi connectivity index (χ1n) is 7.56. The number of benzene rings is 2. The molecule has 1 heterocycles. The quantitative estimate of drug-likeness (QED) is 0.691. The average Bonchev–Trinajstić information content (AvgIpc) is 2.88. The second-order valence-corrected chi connectivity index (χ2v) is 6.49. The standard InChI is InChI=1S/C18H17Cl2N3O/c1-12(24)22(2)11-18-21-16-8-3-4-9-17(16)23(18)10-13-14(19)6-5-7-15(13)20/h3-9H,10-11H2,1-2H3. The molecule has 0 fully saturated rings. The Morgan fingerprint density at radius 3 is 2.46 bits per heavy atom. The highest BCUT2D eigenvalue weighted by Gasteiger charge is 2.16. The smallest absolute Gasteiger partial charge is 0.219 e. The molecule has 0 saturated carbocycles. The number of para-hydroxylation sites is 2. The molecule has 3 aromatic rings.